The summed E-state index contributed by atoms with van der Waals surface area (Å²) in [5.74, 6) is -1.69. The number of alkyl halides is 3. The quantitative estimate of drug-likeness (QED) is 0.750. The standard InChI is InChI=1S/C18H24N4O3.C2HF3O2/c1-13-16(3-5-24-13)18(23)22-11-15-10-21(4-6-25-17(15)12-22)9-14-7-19-20(2)8-14;3-2(4,5)1(6)7/h3,5,7-8,15,17H,4,6,9-12H2,1-2H3;(H,6,7)/t15-,17+;/m0./s1. The van der Waals surface area contributed by atoms with Crippen molar-refractivity contribution in [3.05, 3.63) is 41.6 Å². The highest BCUT2D eigenvalue weighted by atomic mass is 19.4. The maximum Gasteiger partial charge on any atom is 0.490 e. The minimum atomic E-state index is -5.08. The number of fused-ring (bicyclic) bond motifs is 1. The van der Waals surface area contributed by atoms with Crippen LogP contribution in [0.3, 0.4) is 0 Å². The van der Waals surface area contributed by atoms with Gasteiger partial charge in [-0.05, 0) is 13.0 Å². The smallest absolute Gasteiger partial charge is 0.475 e. The summed E-state index contributed by atoms with van der Waals surface area (Å²) in [5.41, 5.74) is 1.87. The average molecular weight is 458 g/mol. The van der Waals surface area contributed by atoms with Crippen molar-refractivity contribution in [3.8, 4) is 0 Å². The number of rotatable bonds is 3. The van der Waals surface area contributed by atoms with Crippen LogP contribution in [0.15, 0.2) is 29.1 Å². The largest absolute Gasteiger partial charge is 0.490 e. The predicted octanol–water partition coefficient (Wildman–Crippen LogP) is 1.93. The van der Waals surface area contributed by atoms with E-state index in [9.17, 15) is 18.0 Å². The van der Waals surface area contributed by atoms with Crippen LogP contribution < -0.4 is 0 Å². The SMILES string of the molecule is Cc1occc1C(=O)N1C[C@@H]2CN(Cc3cnn(C)c3)CCO[C@@H]2C1.O=C(O)C(F)(F)F. The van der Waals surface area contributed by atoms with Gasteiger partial charge in [0.05, 0.1) is 30.7 Å². The van der Waals surface area contributed by atoms with Crippen LogP contribution in [0.2, 0.25) is 0 Å². The van der Waals surface area contributed by atoms with E-state index >= 15 is 0 Å². The van der Waals surface area contributed by atoms with Gasteiger partial charge in [0.1, 0.15) is 5.76 Å². The number of carboxylic acids is 1. The molecule has 4 heterocycles. The molecule has 2 fully saturated rings. The van der Waals surface area contributed by atoms with E-state index in [1.54, 1.807) is 12.3 Å². The van der Waals surface area contributed by atoms with Crippen LogP contribution in [-0.2, 0) is 23.1 Å². The minimum absolute atomic E-state index is 0.0433. The number of likely N-dealkylation sites (tertiary alicyclic amines) is 1. The lowest BCUT2D eigenvalue weighted by molar-refractivity contribution is -0.192. The monoisotopic (exact) mass is 458 g/mol. The molecule has 0 aromatic carbocycles. The molecule has 1 N–H and O–H groups in total. The number of ether oxygens (including phenoxy) is 1. The third-order valence-corrected chi connectivity index (χ3v) is 5.40. The van der Waals surface area contributed by atoms with Gasteiger partial charge < -0.3 is 19.2 Å². The van der Waals surface area contributed by atoms with Gasteiger partial charge in [0.15, 0.2) is 0 Å². The van der Waals surface area contributed by atoms with Gasteiger partial charge in [-0.25, -0.2) is 4.79 Å². The molecule has 0 bridgehead atoms. The number of furan rings is 1. The Bertz CT molecular complexity index is 942. The zero-order valence-corrected chi connectivity index (χ0v) is 17.7. The fourth-order valence-electron chi connectivity index (χ4n) is 3.86. The molecule has 2 saturated heterocycles. The van der Waals surface area contributed by atoms with Gasteiger partial charge in [-0.15, -0.1) is 0 Å². The number of amides is 1. The first-order chi connectivity index (χ1) is 15.0. The van der Waals surface area contributed by atoms with E-state index in [-0.39, 0.29) is 12.0 Å². The molecule has 0 radical (unpaired) electrons. The van der Waals surface area contributed by atoms with Gasteiger partial charge in [-0.2, -0.15) is 18.3 Å². The van der Waals surface area contributed by atoms with Gasteiger partial charge in [-0.1, -0.05) is 0 Å². The Hall–Kier alpha value is -2.86. The molecule has 4 rings (SSSR count). The van der Waals surface area contributed by atoms with Gasteiger partial charge in [-0.3, -0.25) is 14.4 Å². The summed E-state index contributed by atoms with van der Waals surface area (Å²) in [4.78, 5) is 25.9. The molecular formula is C20H25F3N4O5. The van der Waals surface area contributed by atoms with E-state index in [0.717, 1.165) is 26.2 Å². The van der Waals surface area contributed by atoms with Crippen molar-refractivity contribution < 1.29 is 37.0 Å². The summed E-state index contributed by atoms with van der Waals surface area (Å²) in [6.07, 6.45) is 0.572. The van der Waals surface area contributed by atoms with E-state index in [1.807, 2.05) is 29.7 Å². The molecule has 0 unspecified atom stereocenters. The molecule has 12 heteroatoms. The molecule has 32 heavy (non-hydrogen) atoms. The molecule has 9 nitrogen and oxygen atoms in total. The van der Waals surface area contributed by atoms with Crippen LogP contribution in [0.5, 0.6) is 0 Å². The van der Waals surface area contributed by atoms with E-state index in [2.05, 4.69) is 16.2 Å². The van der Waals surface area contributed by atoms with Crippen LogP contribution in [0.4, 0.5) is 13.2 Å². The Labute approximate surface area is 182 Å². The highest BCUT2D eigenvalue weighted by Gasteiger charge is 2.39. The van der Waals surface area contributed by atoms with E-state index in [4.69, 9.17) is 19.1 Å². The maximum absolute atomic E-state index is 12.7. The molecule has 0 saturated carbocycles. The minimum Gasteiger partial charge on any atom is -0.475 e. The summed E-state index contributed by atoms with van der Waals surface area (Å²) in [6.45, 7) is 6.65. The lowest BCUT2D eigenvalue weighted by Gasteiger charge is -2.22. The molecular weight excluding hydrogens is 433 g/mol. The number of carbonyl (C=O) groups excluding carboxylic acids is 1. The number of carboxylic acid groups (broad SMARTS) is 1. The molecule has 2 aliphatic heterocycles. The summed E-state index contributed by atoms with van der Waals surface area (Å²) >= 11 is 0. The fourth-order valence-corrected chi connectivity index (χ4v) is 3.86. The fraction of sp³-hybridized carbons (Fsp3) is 0.550. The number of nitrogens with zero attached hydrogens (tertiary/aromatic N) is 4. The zero-order chi connectivity index (χ0) is 23.5. The number of carbonyl (C=O) groups is 2. The Morgan fingerprint density at radius 3 is 2.56 bits per heavy atom. The van der Waals surface area contributed by atoms with Crippen LogP contribution in [0.1, 0.15) is 21.7 Å². The van der Waals surface area contributed by atoms with Gasteiger partial charge in [0.25, 0.3) is 5.91 Å². The summed E-state index contributed by atoms with van der Waals surface area (Å²) < 4.78 is 44.9. The molecule has 176 valence electrons. The third kappa shape index (κ3) is 5.88. The highest BCUT2D eigenvalue weighted by molar-refractivity contribution is 5.95. The van der Waals surface area contributed by atoms with Gasteiger partial charge in [0, 0.05) is 57.4 Å². The molecule has 2 aliphatic rings. The number of hydrogen-bond acceptors (Lipinski definition) is 6. The molecule has 2 atom stereocenters. The first-order valence-electron chi connectivity index (χ1n) is 9.99. The van der Waals surface area contributed by atoms with Crippen molar-refractivity contribution in [2.45, 2.75) is 25.7 Å². The molecule has 2 aromatic heterocycles. The van der Waals surface area contributed by atoms with Crippen LogP contribution in [-0.4, -0.2) is 81.6 Å². The van der Waals surface area contributed by atoms with Crippen molar-refractivity contribution in [1.29, 1.82) is 0 Å². The van der Waals surface area contributed by atoms with Crippen LogP contribution in [0, 0.1) is 12.8 Å². The second-order valence-corrected chi connectivity index (χ2v) is 7.83. The number of aliphatic carboxylic acids is 1. The van der Waals surface area contributed by atoms with Crippen molar-refractivity contribution in [2.75, 3.05) is 32.8 Å². The summed E-state index contributed by atoms with van der Waals surface area (Å²) in [5, 5.41) is 11.4. The van der Waals surface area contributed by atoms with E-state index in [1.165, 1.54) is 5.56 Å². The number of halogens is 3. The molecule has 0 spiro atoms. The van der Waals surface area contributed by atoms with Gasteiger partial charge in [0.2, 0.25) is 0 Å². The Morgan fingerprint density at radius 2 is 2.00 bits per heavy atom. The predicted molar refractivity (Wildman–Crippen MR) is 105 cm³/mol. The van der Waals surface area contributed by atoms with Crippen molar-refractivity contribution in [2.24, 2.45) is 13.0 Å². The Morgan fingerprint density at radius 1 is 1.28 bits per heavy atom. The number of hydrogen-bond donors (Lipinski definition) is 1. The van der Waals surface area contributed by atoms with Crippen molar-refractivity contribution in [3.63, 3.8) is 0 Å². The Balaban J connectivity index is 0.000000360. The zero-order valence-electron chi connectivity index (χ0n) is 17.7. The Kier molecular flexibility index (Phi) is 7.24. The second-order valence-electron chi connectivity index (χ2n) is 7.83. The van der Waals surface area contributed by atoms with Crippen LogP contribution >= 0.6 is 0 Å². The van der Waals surface area contributed by atoms with E-state index < -0.39 is 12.1 Å². The molecule has 0 aliphatic carbocycles. The first kappa shape index (κ1) is 23.8. The normalized spacial score (nSPS) is 21.5. The lowest BCUT2D eigenvalue weighted by Crippen LogP contribution is -2.33. The van der Waals surface area contributed by atoms with Crippen molar-refractivity contribution in [1.82, 2.24) is 19.6 Å². The highest BCUT2D eigenvalue weighted by Crippen LogP contribution is 2.26. The maximum atomic E-state index is 12.7. The number of aryl methyl sites for hydroxylation is 2. The van der Waals surface area contributed by atoms with Crippen LogP contribution in [0.25, 0.3) is 0 Å². The van der Waals surface area contributed by atoms with Crippen molar-refractivity contribution >= 4 is 11.9 Å². The summed E-state index contributed by atoms with van der Waals surface area (Å²) in [6, 6.07) is 1.75. The number of aromatic nitrogens is 2. The average Bonchev–Trinajstić information content (AvgIpc) is 3.39. The summed E-state index contributed by atoms with van der Waals surface area (Å²) in [7, 11) is 1.93. The molecule has 1 amide bonds. The third-order valence-electron chi connectivity index (χ3n) is 5.40. The topological polar surface area (TPSA) is 101 Å². The molecule has 2 aromatic rings. The van der Waals surface area contributed by atoms with E-state index in [0.29, 0.717) is 30.4 Å². The van der Waals surface area contributed by atoms with Gasteiger partial charge >= 0.3 is 12.1 Å². The second kappa shape index (κ2) is 9.74. The first-order valence-corrected chi connectivity index (χ1v) is 9.99. The lowest BCUT2D eigenvalue weighted by atomic mass is 10.1.